The highest BCUT2D eigenvalue weighted by Crippen LogP contribution is 2.32. The van der Waals surface area contributed by atoms with Crippen molar-refractivity contribution in [2.24, 2.45) is 0 Å². The number of rotatable bonds is 2. The predicted molar refractivity (Wildman–Crippen MR) is 54.1 cm³/mol. The zero-order chi connectivity index (χ0) is 12.5. The number of hydrogen-bond donors (Lipinski definition) is 0. The summed E-state index contributed by atoms with van der Waals surface area (Å²) in [5.74, 6) is -2.24. The number of benzene rings is 1. The Labute approximate surface area is 97.6 Å². The molecule has 1 aromatic rings. The second-order valence-corrected chi connectivity index (χ2v) is 4.52. The van der Waals surface area contributed by atoms with Crippen molar-refractivity contribution in [2.45, 2.75) is 17.9 Å². The van der Waals surface area contributed by atoms with Crippen molar-refractivity contribution >= 4 is 21.7 Å². The van der Waals surface area contributed by atoms with Crippen LogP contribution in [0.1, 0.15) is 22.8 Å². The molecule has 1 atom stereocenters. The maximum Gasteiger partial charge on any atom is 0.419 e. The summed E-state index contributed by atoms with van der Waals surface area (Å²) in [7, 11) is 0. The summed E-state index contributed by atoms with van der Waals surface area (Å²) in [6, 6.07) is 2.64. The third kappa shape index (κ3) is 2.61. The third-order valence-electron chi connectivity index (χ3n) is 1.93. The van der Waals surface area contributed by atoms with E-state index in [2.05, 4.69) is 15.9 Å². The lowest BCUT2D eigenvalue weighted by Gasteiger charge is -2.11. The molecule has 0 aromatic heterocycles. The predicted octanol–water partition coefficient (Wildman–Crippen LogP) is 3.81. The number of ketones is 1. The molecule has 0 saturated carbocycles. The van der Waals surface area contributed by atoms with Crippen molar-refractivity contribution in [1.82, 2.24) is 0 Å². The van der Waals surface area contributed by atoms with Crippen LogP contribution in [0.15, 0.2) is 18.2 Å². The van der Waals surface area contributed by atoms with E-state index >= 15 is 0 Å². The summed E-state index contributed by atoms with van der Waals surface area (Å²) in [6.45, 7) is 1.42. The van der Waals surface area contributed by atoms with Gasteiger partial charge in [-0.3, -0.25) is 4.79 Å². The Morgan fingerprint density at radius 2 is 1.94 bits per heavy atom. The lowest BCUT2D eigenvalue weighted by molar-refractivity contribution is -0.140. The van der Waals surface area contributed by atoms with E-state index in [0.717, 1.165) is 12.1 Å². The molecule has 0 radical (unpaired) electrons. The molecule has 0 aliphatic rings. The van der Waals surface area contributed by atoms with Gasteiger partial charge in [0.1, 0.15) is 5.82 Å². The van der Waals surface area contributed by atoms with Crippen LogP contribution in [-0.4, -0.2) is 10.6 Å². The quantitative estimate of drug-likeness (QED) is 0.461. The number of carbonyl (C=O) groups is 1. The van der Waals surface area contributed by atoms with E-state index in [0.29, 0.717) is 6.07 Å². The molecule has 1 nitrogen and oxygen atoms in total. The molecule has 88 valence electrons. The summed E-state index contributed by atoms with van der Waals surface area (Å²) in [5, 5.41) is 0. The number of halogens is 5. The Kier molecular flexibility index (Phi) is 3.72. The summed E-state index contributed by atoms with van der Waals surface area (Å²) < 4.78 is 50.4. The van der Waals surface area contributed by atoms with Crippen LogP contribution in [0, 0.1) is 5.82 Å². The van der Waals surface area contributed by atoms with Gasteiger partial charge in [0.15, 0.2) is 5.78 Å². The number of hydrogen-bond acceptors (Lipinski definition) is 1. The molecular weight excluding hydrogens is 292 g/mol. The van der Waals surface area contributed by atoms with Crippen LogP contribution in [0.25, 0.3) is 0 Å². The molecule has 0 fully saturated rings. The van der Waals surface area contributed by atoms with Gasteiger partial charge >= 0.3 is 6.18 Å². The molecule has 0 saturated heterocycles. The third-order valence-corrected chi connectivity index (χ3v) is 2.35. The first-order valence-electron chi connectivity index (χ1n) is 4.29. The number of alkyl halides is 4. The van der Waals surface area contributed by atoms with Gasteiger partial charge in [-0.2, -0.15) is 13.2 Å². The molecule has 6 heteroatoms. The monoisotopic (exact) mass is 298 g/mol. The van der Waals surface area contributed by atoms with Crippen molar-refractivity contribution in [3.05, 3.63) is 35.1 Å². The minimum atomic E-state index is -4.80. The van der Waals surface area contributed by atoms with Gasteiger partial charge < -0.3 is 0 Å². The molecule has 1 aromatic carbocycles. The second-order valence-electron chi connectivity index (χ2n) is 3.15. The summed E-state index contributed by atoms with van der Waals surface area (Å²) in [4.78, 5) is 10.7. The second kappa shape index (κ2) is 4.53. The van der Waals surface area contributed by atoms with E-state index < -0.39 is 33.7 Å². The van der Waals surface area contributed by atoms with Crippen LogP contribution in [0.5, 0.6) is 0 Å². The first kappa shape index (κ1) is 13.2. The zero-order valence-corrected chi connectivity index (χ0v) is 9.69. The van der Waals surface area contributed by atoms with Crippen LogP contribution >= 0.6 is 15.9 Å². The Morgan fingerprint density at radius 3 is 2.38 bits per heavy atom. The average Bonchev–Trinajstić information content (AvgIpc) is 2.15. The fraction of sp³-hybridized carbons (Fsp3) is 0.300. The van der Waals surface area contributed by atoms with Crippen molar-refractivity contribution in [2.75, 3.05) is 0 Å². The highest BCUT2D eigenvalue weighted by molar-refractivity contribution is 9.10. The summed E-state index contributed by atoms with van der Waals surface area (Å²) in [5.41, 5.74) is -1.98. The number of carbonyl (C=O) groups excluding carboxylic acids is 1. The molecule has 16 heavy (non-hydrogen) atoms. The van der Waals surface area contributed by atoms with Crippen LogP contribution in [-0.2, 0) is 6.18 Å². The van der Waals surface area contributed by atoms with Gasteiger partial charge in [0.05, 0.1) is 16.0 Å². The van der Waals surface area contributed by atoms with Gasteiger partial charge in [-0.25, -0.2) is 4.39 Å². The van der Waals surface area contributed by atoms with Crippen molar-refractivity contribution in [3.8, 4) is 0 Å². The molecule has 1 rings (SSSR count). The van der Waals surface area contributed by atoms with E-state index in [9.17, 15) is 22.4 Å². The first-order valence-corrected chi connectivity index (χ1v) is 5.20. The topological polar surface area (TPSA) is 17.1 Å². The highest BCUT2D eigenvalue weighted by Gasteiger charge is 2.35. The Bertz CT molecular complexity index is 412. The minimum absolute atomic E-state index is 0.556. The molecule has 0 amide bonds. The number of Topliss-reactive ketones (excluding diaryl/α,β-unsaturated/α-hetero) is 1. The summed E-state index contributed by atoms with van der Waals surface area (Å²) >= 11 is 2.89. The fourth-order valence-electron chi connectivity index (χ4n) is 1.16. The lowest BCUT2D eigenvalue weighted by atomic mass is 10.0. The van der Waals surface area contributed by atoms with Gasteiger partial charge in [-0.1, -0.05) is 22.0 Å². The molecule has 0 N–H and O–H groups in total. The average molecular weight is 299 g/mol. The lowest BCUT2D eigenvalue weighted by Crippen LogP contribution is -2.16. The molecule has 0 bridgehead atoms. The van der Waals surface area contributed by atoms with E-state index in [-0.39, 0.29) is 0 Å². The Morgan fingerprint density at radius 1 is 1.38 bits per heavy atom. The van der Waals surface area contributed by atoms with Crippen LogP contribution in [0.3, 0.4) is 0 Å². The van der Waals surface area contributed by atoms with Gasteiger partial charge in [-0.05, 0) is 19.1 Å². The minimum Gasteiger partial charge on any atom is -0.293 e. The van der Waals surface area contributed by atoms with Crippen LogP contribution in [0.2, 0.25) is 0 Å². The standard InChI is InChI=1S/C10H7BrF4O/c1-5(11)9(16)6-3-2-4-7(8(6)12)10(13,14)15/h2-5H,1H3. The largest absolute Gasteiger partial charge is 0.419 e. The molecule has 0 aliphatic carbocycles. The van der Waals surface area contributed by atoms with Crippen molar-refractivity contribution in [3.63, 3.8) is 0 Å². The first-order chi connectivity index (χ1) is 7.25. The SMILES string of the molecule is CC(Br)C(=O)c1cccc(C(F)(F)F)c1F. The molecular formula is C10H7BrF4O. The molecule has 1 unspecified atom stereocenters. The summed E-state index contributed by atoms with van der Waals surface area (Å²) in [6.07, 6.45) is -4.80. The van der Waals surface area contributed by atoms with Gasteiger partial charge in [0.2, 0.25) is 0 Å². The molecule has 0 aliphatic heterocycles. The van der Waals surface area contributed by atoms with Crippen molar-refractivity contribution in [1.29, 1.82) is 0 Å². The van der Waals surface area contributed by atoms with E-state index in [1.165, 1.54) is 6.92 Å². The maximum atomic E-state index is 13.4. The Hall–Kier alpha value is -0.910. The van der Waals surface area contributed by atoms with Crippen LogP contribution < -0.4 is 0 Å². The molecule has 0 heterocycles. The van der Waals surface area contributed by atoms with E-state index in [4.69, 9.17) is 0 Å². The smallest absolute Gasteiger partial charge is 0.293 e. The molecule has 0 spiro atoms. The van der Waals surface area contributed by atoms with Gasteiger partial charge in [-0.15, -0.1) is 0 Å². The van der Waals surface area contributed by atoms with Crippen LogP contribution in [0.4, 0.5) is 17.6 Å². The van der Waals surface area contributed by atoms with Crippen molar-refractivity contribution < 1.29 is 22.4 Å². The maximum absolute atomic E-state index is 13.4. The normalized spacial score (nSPS) is 13.6. The zero-order valence-electron chi connectivity index (χ0n) is 8.11. The fourth-order valence-corrected chi connectivity index (χ4v) is 1.40. The highest BCUT2D eigenvalue weighted by atomic mass is 79.9. The Balaban J connectivity index is 3.30. The van der Waals surface area contributed by atoms with E-state index in [1.54, 1.807) is 0 Å². The van der Waals surface area contributed by atoms with E-state index in [1.807, 2.05) is 0 Å². The van der Waals surface area contributed by atoms with Gasteiger partial charge in [0.25, 0.3) is 0 Å². The van der Waals surface area contributed by atoms with Gasteiger partial charge in [0, 0.05) is 0 Å².